The second-order valence-corrected chi connectivity index (χ2v) is 3.46. The van der Waals surface area contributed by atoms with Crippen LogP contribution in [0, 0.1) is 11.6 Å². The third-order valence-corrected chi connectivity index (χ3v) is 2.43. The van der Waals surface area contributed by atoms with Crippen molar-refractivity contribution in [1.82, 2.24) is 0 Å². The highest BCUT2D eigenvalue weighted by atomic mass is 19.1. The summed E-state index contributed by atoms with van der Waals surface area (Å²) >= 11 is 0. The Morgan fingerprint density at radius 3 is 2.18 bits per heavy atom. The smallest absolute Gasteiger partial charge is 0.153 e. The summed E-state index contributed by atoms with van der Waals surface area (Å²) in [5.74, 6) is -2.00. The summed E-state index contributed by atoms with van der Waals surface area (Å²) in [6.07, 6.45) is 0.428. The Balaban J connectivity index is 2.73. The van der Waals surface area contributed by atoms with E-state index in [2.05, 4.69) is 0 Å². The molecule has 2 rings (SSSR count). The van der Waals surface area contributed by atoms with Crippen molar-refractivity contribution >= 4 is 6.29 Å². The van der Waals surface area contributed by atoms with E-state index in [4.69, 9.17) is 0 Å². The third kappa shape index (κ3) is 1.89. The quantitative estimate of drug-likeness (QED) is 0.810. The number of aldehydes is 1. The van der Waals surface area contributed by atoms with Gasteiger partial charge in [0.05, 0.1) is 11.1 Å². The molecular formula is C13H8F2O2. The molecule has 86 valence electrons. The van der Waals surface area contributed by atoms with Crippen molar-refractivity contribution in [1.29, 1.82) is 0 Å². The molecule has 0 amide bonds. The fraction of sp³-hybridized carbons (Fsp3) is 0. The second kappa shape index (κ2) is 4.33. The zero-order valence-electron chi connectivity index (χ0n) is 8.65. The maximum Gasteiger partial charge on any atom is 0.153 e. The molecule has 0 spiro atoms. The second-order valence-electron chi connectivity index (χ2n) is 3.46. The van der Waals surface area contributed by atoms with Crippen LogP contribution < -0.4 is 0 Å². The van der Waals surface area contributed by atoms with Crippen LogP contribution >= 0.6 is 0 Å². The van der Waals surface area contributed by atoms with Gasteiger partial charge in [0.1, 0.15) is 17.4 Å². The summed E-state index contributed by atoms with van der Waals surface area (Å²) in [4.78, 5) is 10.6. The van der Waals surface area contributed by atoms with Crippen LogP contribution in [0.4, 0.5) is 8.78 Å². The van der Waals surface area contributed by atoms with E-state index < -0.39 is 17.4 Å². The molecule has 0 aliphatic heterocycles. The van der Waals surface area contributed by atoms with Gasteiger partial charge < -0.3 is 5.11 Å². The lowest BCUT2D eigenvalue weighted by Crippen LogP contribution is -1.92. The van der Waals surface area contributed by atoms with Gasteiger partial charge in [0.2, 0.25) is 0 Å². The first-order valence-corrected chi connectivity index (χ1v) is 4.86. The van der Waals surface area contributed by atoms with Crippen LogP contribution in [0.2, 0.25) is 0 Å². The first-order chi connectivity index (χ1) is 8.15. The number of halogens is 2. The summed E-state index contributed by atoms with van der Waals surface area (Å²) in [5, 5.41) is 9.73. The number of carbonyl (C=O) groups is 1. The van der Waals surface area contributed by atoms with Gasteiger partial charge in [0.15, 0.2) is 6.29 Å². The lowest BCUT2D eigenvalue weighted by Gasteiger charge is -2.08. The summed E-state index contributed by atoms with van der Waals surface area (Å²) in [7, 11) is 0. The molecule has 4 heteroatoms. The Bertz CT molecular complexity index is 559. The number of hydrogen-bond acceptors (Lipinski definition) is 2. The number of para-hydroxylation sites is 1. The van der Waals surface area contributed by atoms with E-state index in [0.717, 1.165) is 12.1 Å². The highest BCUT2D eigenvalue weighted by Crippen LogP contribution is 2.34. The van der Waals surface area contributed by atoms with E-state index in [1.807, 2.05) is 0 Å². The van der Waals surface area contributed by atoms with Crippen LogP contribution in [0.5, 0.6) is 5.75 Å². The Morgan fingerprint density at radius 2 is 1.59 bits per heavy atom. The summed E-state index contributed by atoms with van der Waals surface area (Å²) < 4.78 is 27.0. The molecule has 17 heavy (non-hydrogen) atoms. The molecule has 2 aromatic carbocycles. The first kappa shape index (κ1) is 11.3. The number of phenolic OH excluding ortho intramolecular Hbond substituents is 1. The predicted octanol–water partition coefficient (Wildman–Crippen LogP) is 3.15. The zero-order valence-corrected chi connectivity index (χ0v) is 8.65. The van der Waals surface area contributed by atoms with Crippen molar-refractivity contribution in [2.24, 2.45) is 0 Å². The van der Waals surface area contributed by atoms with Crippen LogP contribution in [0.3, 0.4) is 0 Å². The molecule has 0 saturated carbocycles. The number of aromatic hydroxyl groups is 1. The van der Waals surface area contributed by atoms with Crippen LogP contribution in [0.25, 0.3) is 11.1 Å². The minimum Gasteiger partial charge on any atom is -0.507 e. The topological polar surface area (TPSA) is 37.3 Å². The third-order valence-electron chi connectivity index (χ3n) is 2.43. The van der Waals surface area contributed by atoms with Gasteiger partial charge in [-0.15, -0.1) is 0 Å². The van der Waals surface area contributed by atoms with E-state index in [1.54, 1.807) is 0 Å². The van der Waals surface area contributed by atoms with E-state index in [0.29, 0.717) is 6.29 Å². The molecule has 0 atom stereocenters. The lowest BCUT2D eigenvalue weighted by atomic mass is 10.0. The van der Waals surface area contributed by atoms with Gasteiger partial charge in [-0.3, -0.25) is 4.79 Å². The van der Waals surface area contributed by atoms with Crippen LogP contribution in [-0.4, -0.2) is 11.4 Å². The molecule has 2 aromatic rings. The van der Waals surface area contributed by atoms with Gasteiger partial charge in [-0.2, -0.15) is 0 Å². The molecule has 0 unspecified atom stereocenters. The number of rotatable bonds is 2. The molecule has 0 aliphatic carbocycles. The van der Waals surface area contributed by atoms with Crippen molar-refractivity contribution < 1.29 is 18.7 Å². The predicted molar refractivity (Wildman–Crippen MR) is 58.8 cm³/mol. The Kier molecular flexibility index (Phi) is 2.87. The Labute approximate surface area is 96.1 Å². The molecule has 0 bridgehead atoms. The Hall–Kier alpha value is -2.23. The van der Waals surface area contributed by atoms with Crippen molar-refractivity contribution in [3.05, 3.63) is 53.6 Å². The molecular weight excluding hydrogens is 226 g/mol. The monoisotopic (exact) mass is 234 g/mol. The van der Waals surface area contributed by atoms with Crippen molar-refractivity contribution in [2.75, 3.05) is 0 Å². The van der Waals surface area contributed by atoms with Crippen LogP contribution in [-0.2, 0) is 0 Å². The molecule has 0 aromatic heterocycles. The van der Waals surface area contributed by atoms with E-state index in [-0.39, 0.29) is 16.7 Å². The maximum absolute atomic E-state index is 13.5. The molecule has 1 N–H and O–H groups in total. The average Bonchev–Trinajstić information content (AvgIpc) is 2.31. The normalized spacial score (nSPS) is 10.2. The van der Waals surface area contributed by atoms with Gasteiger partial charge in [-0.05, 0) is 18.2 Å². The number of phenols is 1. The van der Waals surface area contributed by atoms with Crippen LogP contribution in [0.15, 0.2) is 36.4 Å². The standard InChI is InChI=1S/C13H8F2O2/c14-10-5-2-6-11(15)12(10)9-4-1-3-8(7-16)13(9)17/h1-7,17H. The highest BCUT2D eigenvalue weighted by molar-refractivity contribution is 5.85. The molecule has 2 nitrogen and oxygen atoms in total. The number of hydrogen-bond donors (Lipinski definition) is 1. The Morgan fingerprint density at radius 1 is 1.00 bits per heavy atom. The lowest BCUT2D eigenvalue weighted by molar-refractivity contribution is 0.112. The number of benzene rings is 2. The van der Waals surface area contributed by atoms with Crippen LogP contribution in [0.1, 0.15) is 10.4 Å². The summed E-state index contributed by atoms with van der Waals surface area (Å²) in [6, 6.07) is 7.57. The molecule has 0 aliphatic rings. The zero-order chi connectivity index (χ0) is 12.4. The largest absolute Gasteiger partial charge is 0.507 e. The highest BCUT2D eigenvalue weighted by Gasteiger charge is 2.16. The fourth-order valence-electron chi connectivity index (χ4n) is 1.61. The van der Waals surface area contributed by atoms with Crippen molar-refractivity contribution in [2.45, 2.75) is 0 Å². The van der Waals surface area contributed by atoms with Gasteiger partial charge >= 0.3 is 0 Å². The van der Waals surface area contributed by atoms with E-state index >= 15 is 0 Å². The van der Waals surface area contributed by atoms with Crippen molar-refractivity contribution in [3.63, 3.8) is 0 Å². The number of carbonyl (C=O) groups excluding carboxylic acids is 1. The van der Waals surface area contributed by atoms with Gasteiger partial charge in [-0.25, -0.2) is 8.78 Å². The average molecular weight is 234 g/mol. The molecule has 0 heterocycles. The molecule has 0 saturated heterocycles. The molecule has 0 radical (unpaired) electrons. The summed E-state index contributed by atoms with van der Waals surface area (Å²) in [6.45, 7) is 0. The minimum absolute atomic E-state index is 0.00912. The fourth-order valence-corrected chi connectivity index (χ4v) is 1.61. The first-order valence-electron chi connectivity index (χ1n) is 4.86. The SMILES string of the molecule is O=Cc1cccc(-c2c(F)cccc2F)c1O. The van der Waals surface area contributed by atoms with Crippen molar-refractivity contribution in [3.8, 4) is 16.9 Å². The van der Waals surface area contributed by atoms with E-state index in [1.165, 1.54) is 24.3 Å². The van der Waals surface area contributed by atoms with Gasteiger partial charge in [0.25, 0.3) is 0 Å². The molecule has 0 fully saturated rings. The van der Waals surface area contributed by atoms with Gasteiger partial charge in [-0.1, -0.05) is 18.2 Å². The minimum atomic E-state index is -0.789. The van der Waals surface area contributed by atoms with E-state index in [9.17, 15) is 18.7 Å². The van der Waals surface area contributed by atoms with Gasteiger partial charge in [0, 0.05) is 5.56 Å². The maximum atomic E-state index is 13.5. The summed E-state index contributed by atoms with van der Waals surface area (Å²) in [5.41, 5.74) is -0.385.